The number of anilines is 1. The average molecular weight is 394 g/mol. The van der Waals surface area contributed by atoms with Crippen LogP contribution in [0.2, 0.25) is 0 Å². The van der Waals surface area contributed by atoms with E-state index in [0.717, 1.165) is 0 Å². The molecule has 7 nitrogen and oxygen atoms in total. The first-order valence-electron chi connectivity index (χ1n) is 6.57. The van der Waals surface area contributed by atoms with Gasteiger partial charge < -0.3 is 0 Å². The van der Waals surface area contributed by atoms with E-state index in [2.05, 4.69) is 36.2 Å². The molecule has 1 heterocycles. The van der Waals surface area contributed by atoms with Crippen LogP contribution in [0.4, 0.5) is 5.69 Å². The molecule has 1 aromatic heterocycles. The highest BCUT2D eigenvalue weighted by molar-refractivity contribution is 9.10. The lowest BCUT2D eigenvalue weighted by Gasteiger charge is -2.09. The molecule has 3 rings (SSSR count). The highest BCUT2D eigenvalue weighted by atomic mass is 79.9. The van der Waals surface area contributed by atoms with Crippen molar-refractivity contribution in [1.29, 1.82) is 0 Å². The van der Waals surface area contributed by atoms with E-state index < -0.39 is 10.0 Å². The van der Waals surface area contributed by atoms with Crippen LogP contribution in [-0.2, 0) is 17.1 Å². The van der Waals surface area contributed by atoms with E-state index in [4.69, 9.17) is 0 Å². The monoisotopic (exact) mass is 393 g/mol. The number of tetrazole rings is 1. The summed E-state index contributed by atoms with van der Waals surface area (Å²) in [5, 5.41) is 11.3. The molecule has 0 unspecified atom stereocenters. The summed E-state index contributed by atoms with van der Waals surface area (Å²) in [7, 11) is -1.95. The van der Waals surface area contributed by atoms with Crippen LogP contribution in [0.3, 0.4) is 0 Å². The van der Waals surface area contributed by atoms with Crippen LogP contribution in [0.1, 0.15) is 0 Å². The van der Waals surface area contributed by atoms with Crippen molar-refractivity contribution in [3.63, 3.8) is 0 Å². The van der Waals surface area contributed by atoms with Gasteiger partial charge in [-0.2, -0.15) is 0 Å². The van der Waals surface area contributed by atoms with Gasteiger partial charge in [-0.15, -0.1) is 5.10 Å². The van der Waals surface area contributed by atoms with Crippen molar-refractivity contribution in [2.75, 3.05) is 4.72 Å². The van der Waals surface area contributed by atoms with E-state index >= 15 is 0 Å². The van der Waals surface area contributed by atoms with Crippen molar-refractivity contribution >= 4 is 31.6 Å². The largest absolute Gasteiger partial charge is 0.280 e. The zero-order valence-electron chi connectivity index (χ0n) is 12.0. The van der Waals surface area contributed by atoms with Crippen molar-refractivity contribution in [2.45, 2.75) is 4.90 Å². The van der Waals surface area contributed by atoms with Gasteiger partial charge in [0.2, 0.25) is 0 Å². The minimum atomic E-state index is -3.67. The lowest BCUT2D eigenvalue weighted by Crippen LogP contribution is -2.13. The van der Waals surface area contributed by atoms with E-state index in [-0.39, 0.29) is 4.90 Å². The van der Waals surface area contributed by atoms with Crippen LogP contribution in [0.15, 0.2) is 57.9 Å². The third-order valence-electron chi connectivity index (χ3n) is 3.10. The Morgan fingerprint density at radius 1 is 1.13 bits per heavy atom. The second kappa shape index (κ2) is 6.09. The molecule has 0 saturated carbocycles. The van der Waals surface area contributed by atoms with Gasteiger partial charge in [-0.25, -0.2) is 13.1 Å². The van der Waals surface area contributed by atoms with Crippen molar-refractivity contribution in [3.05, 3.63) is 53.0 Å². The highest BCUT2D eigenvalue weighted by Crippen LogP contribution is 2.23. The van der Waals surface area contributed by atoms with Crippen molar-refractivity contribution in [3.8, 4) is 11.4 Å². The Labute approximate surface area is 141 Å². The molecule has 0 aliphatic heterocycles. The number of sulfonamides is 1. The standard InChI is InChI=1S/C14H12BrN5O2S/c1-20-14(16-18-19-20)10-4-2-6-12(8-10)17-23(21,22)13-7-3-5-11(15)9-13/h2-9,17H,1H3. The van der Waals surface area contributed by atoms with Gasteiger partial charge in [-0.1, -0.05) is 34.1 Å². The molecule has 0 atom stereocenters. The fourth-order valence-corrected chi connectivity index (χ4v) is 3.69. The second-order valence-electron chi connectivity index (χ2n) is 4.77. The maximum Gasteiger partial charge on any atom is 0.261 e. The number of hydrogen-bond donors (Lipinski definition) is 1. The third kappa shape index (κ3) is 3.40. The SMILES string of the molecule is Cn1nnnc1-c1cccc(NS(=O)(=O)c2cccc(Br)c2)c1. The normalized spacial score (nSPS) is 11.4. The van der Waals surface area contributed by atoms with Gasteiger partial charge >= 0.3 is 0 Å². The fraction of sp³-hybridized carbons (Fsp3) is 0.0714. The Balaban J connectivity index is 1.93. The van der Waals surface area contributed by atoms with Gasteiger partial charge in [0.05, 0.1) is 4.90 Å². The van der Waals surface area contributed by atoms with Crippen LogP contribution in [0, 0.1) is 0 Å². The molecule has 1 N–H and O–H groups in total. The van der Waals surface area contributed by atoms with Gasteiger partial charge in [0.15, 0.2) is 5.82 Å². The van der Waals surface area contributed by atoms with Crippen LogP contribution in [0.25, 0.3) is 11.4 Å². The summed E-state index contributed by atoms with van der Waals surface area (Å²) >= 11 is 3.27. The number of halogens is 1. The Morgan fingerprint density at radius 2 is 1.91 bits per heavy atom. The summed E-state index contributed by atoms with van der Waals surface area (Å²) in [4.78, 5) is 0.178. The molecule has 0 radical (unpaired) electrons. The summed E-state index contributed by atoms with van der Waals surface area (Å²) < 4.78 is 29.6. The maximum atomic E-state index is 12.4. The first-order chi connectivity index (χ1) is 11.0. The Bertz CT molecular complexity index is 955. The molecule has 0 spiro atoms. The molecule has 0 saturated heterocycles. The molecule has 0 fully saturated rings. The van der Waals surface area contributed by atoms with Crippen molar-refractivity contribution in [1.82, 2.24) is 20.2 Å². The quantitative estimate of drug-likeness (QED) is 0.734. The number of rotatable bonds is 4. The molecule has 3 aromatic rings. The second-order valence-corrected chi connectivity index (χ2v) is 7.37. The minimum absolute atomic E-state index is 0.178. The third-order valence-corrected chi connectivity index (χ3v) is 4.97. The topological polar surface area (TPSA) is 89.8 Å². The summed E-state index contributed by atoms with van der Waals surface area (Å²) in [5.74, 6) is 0.550. The average Bonchev–Trinajstić information content (AvgIpc) is 2.93. The van der Waals surface area contributed by atoms with Crippen molar-refractivity contribution in [2.24, 2.45) is 7.05 Å². The Kier molecular flexibility index (Phi) is 4.14. The van der Waals surface area contributed by atoms with E-state index in [0.29, 0.717) is 21.5 Å². The lowest BCUT2D eigenvalue weighted by molar-refractivity contribution is 0.601. The molecular weight excluding hydrogens is 382 g/mol. The van der Waals surface area contributed by atoms with Gasteiger partial charge in [-0.05, 0) is 40.8 Å². The smallest absolute Gasteiger partial charge is 0.261 e. The van der Waals surface area contributed by atoms with Crippen LogP contribution >= 0.6 is 15.9 Å². The van der Waals surface area contributed by atoms with Crippen molar-refractivity contribution < 1.29 is 8.42 Å². The first-order valence-corrected chi connectivity index (χ1v) is 8.84. The molecule has 23 heavy (non-hydrogen) atoms. The number of aryl methyl sites for hydroxylation is 1. The minimum Gasteiger partial charge on any atom is -0.280 e. The molecule has 2 aromatic carbocycles. The molecule has 118 valence electrons. The van der Waals surface area contributed by atoms with Gasteiger partial charge in [0.25, 0.3) is 10.0 Å². The van der Waals surface area contributed by atoms with Crippen LogP contribution in [-0.4, -0.2) is 28.6 Å². The number of hydrogen-bond acceptors (Lipinski definition) is 5. The maximum absolute atomic E-state index is 12.4. The van der Waals surface area contributed by atoms with Gasteiger partial charge in [0, 0.05) is 22.8 Å². The first kappa shape index (κ1) is 15.6. The highest BCUT2D eigenvalue weighted by Gasteiger charge is 2.15. The number of nitrogens with one attached hydrogen (secondary N) is 1. The van der Waals surface area contributed by atoms with Gasteiger partial charge in [0.1, 0.15) is 0 Å². The lowest BCUT2D eigenvalue weighted by atomic mass is 10.2. The predicted octanol–water partition coefficient (Wildman–Crippen LogP) is 2.44. The number of benzene rings is 2. The number of aromatic nitrogens is 4. The predicted molar refractivity (Wildman–Crippen MR) is 89.2 cm³/mol. The van der Waals surface area contributed by atoms with Crippen LogP contribution in [0.5, 0.6) is 0 Å². The Morgan fingerprint density at radius 3 is 2.61 bits per heavy atom. The van der Waals surface area contributed by atoms with Gasteiger partial charge in [-0.3, -0.25) is 4.72 Å². The summed E-state index contributed by atoms with van der Waals surface area (Å²) in [6.07, 6.45) is 0. The van der Waals surface area contributed by atoms with Crippen LogP contribution < -0.4 is 4.72 Å². The zero-order chi connectivity index (χ0) is 16.4. The molecule has 0 aliphatic rings. The van der Waals surface area contributed by atoms with E-state index in [1.54, 1.807) is 43.4 Å². The molecule has 0 aliphatic carbocycles. The van der Waals surface area contributed by atoms with E-state index in [1.807, 2.05) is 6.07 Å². The Hall–Kier alpha value is -2.26. The number of nitrogens with zero attached hydrogens (tertiary/aromatic N) is 4. The van der Waals surface area contributed by atoms with E-state index in [1.165, 1.54) is 10.7 Å². The summed E-state index contributed by atoms with van der Waals surface area (Å²) in [6, 6.07) is 13.4. The summed E-state index contributed by atoms with van der Waals surface area (Å²) in [5.41, 5.74) is 1.15. The zero-order valence-corrected chi connectivity index (χ0v) is 14.4. The molecule has 0 bridgehead atoms. The molecule has 9 heteroatoms. The molecular formula is C14H12BrN5O2S. The van der Waals surface area contributed by atoms with E-state index in [9.17, 15) is 8.42 Å². The molecule has 0 amide bonds. The fourth-order valence-electron chi connectivity index (χ4n) is 2.04. The summed E-state index contributed by atoms with van der Waals surface area (Å²) in [6.45, 7) is 0.